The van der Waals surface area contributed by atoms with Crippen LogP contribution in [0.1, 0.15) is 28.8 Å². The number of hydrogen-bond acceptors (Lipinski definition) is 3. The number of amides is 3. The van der Waals surface area contributed by atoms with Gasteiger partial charge in [0.1, 0.15) is 11.6 Å². The smallest absolute Gasteiger partial charge is 0.321 e. The molecular weight excluding hydrogens is 349 g/mol. The number of piperidine rings is 1. The molecule has 0 bridgehead atoms. The van der Waals surface area contributed by atoms with E-state index in [0.29, 0.717) is 48.5 Å². The number of halogens is 1. The number of nitrogens with one attached hydrogen (secondary N) is 2. The second-order valence-electron chi connectivity index (χ2n) is 6.93. The van der Waals surface area contributed by atoms with Crippen molar-refractivity contribution in [3.05, 3.63) is 59.4 Å². The van der Waals surface area contributed by atoms with E-state index in [0.717, 1.165) is 0 Å². The molecule has 2 heterocycles. The number of ether oxygens (including phenoxy) is 1. The molecule has 7 heteroatoms. The molecule has 27 heavy (non-hydrogen) atoms. The minimum absolute atomic E-state index is 0.162. The Hall–Kier alpha value is -3.09. The summed E-state index contributed by atoms with van der Waals surface area (Å²) in [7, 11) is 0. The Morgan fingerprint density at radius 3 is 2.70 bits per heavy atom. The summed E-state index contributed by atoms with van der Waals surface area (Å²) in [6, 6.07) is 11.4. The van der Waals surface area contributed by atoms with Crippen LogP contribution in [0.25, 0.3) is 0 Å². The van der Waals surface area contributed by atoms with E-state index in [1.165, 1.54) is 6.07 Å². The zero-order valence-electron chi connectivity index (χ0n) is 14.9. The van der Waals surface area contributed by atoms with E-state index in [9.17, 15) is 14.0 Å². The molecule has 1 fully saturated rings. The molecule has 0 radical (unpaired) electrons. The Morgan fingerprint density at radius 1 is 1.22 bits per heavy atom. The largest absolute Gasteiger partial charge is 0.467 e. The normalized spacial score (nSPS) is 17.7. The third-order valence-corrected chi connectivity index (χ3v) is 5.06. The van der Waals surface area contributed by atoms with E-state index in [1.54, 1.807) is 42.2 Å². The van der Waals surface area contributed by atoms with Crippen molar-refractivity contribution in [3.63, 3.8) is 0 Å². The van der Waals surface area contributed by atoms with Gasteiger partial charge in [0.05, 0.1) is 5.56 Å². The number of aryl methyl sites for hydroxylation is 1. The average molecular weight is 369 g/mol. The van der Waals surface area contributed by atoms with E-state index in [2.05, 4.69) is 10.6 Å². The summed E-state index contributed by atoms with van der Waals surface area (Å²) in [5, 5.41) is 5.66. The van der Waals surface area contributed by atoms with Crippen LogP contribution in [0.2, 0.25) is 0 Å². The molecule has 140 valence electrons. The van der Waals surface area contributed by atoms with Crippen LogP contribution in [0.4, 0.5) is 14.9 Å². The molecule has 2 N–H and O–H groups in total. The summed E-state index contributed by atoms with van der Waals surface area (Å²) in [5.41, 5.74) is 0.667. The number of hydrogen-bond donors (Lipinski definition) is 2. The van der Waals surface area contributed by atoms with Crippen LogP contribution in [0.3, 0.4) is 0 Å². The summed E-state index contributed by atoms with van der Waals surface area (Å²) in [6.45, 7) is 2.51. The number of carbonyl (C=O) groups excluding carboxylic acids is 2. The fourth-order valence-electron chi connectivity index (χ4n) is 3.42. The van der Waals surface area contributed by atoms with E-state index in [4.69, 9.17) is 4.74 Å². The Labute approximate surface area is 156 Å². The molecule has 6 nitrogen and oxygen atoms in total. The van der Waals surface area contributed by atoms with Crippen molar-refractivity contribution >= 4 is 17.6 Å². The van der Waals surface area contributed by atoms with Gasteiger partial charge in [-0.3, -0.25) is 4.79 Å². The van der Waals surface area contributed by atoms with Crippen molar-refractivity contribution in [2.75, 3.05) is 18.4 Å². The van der Waals surface area contributed by atoms with E-state index in [1.807, 2.05) is 6.07 Å². The van der Waals surface area contributed by atoms with Gasteiger partial charge in [0.15, 0.2) is 5.72 Å². The maximum atomic E-state index is 13.6. The van der Waals surface area contributed by atoms with Crippen molar-refractivity contribution < 1.29 is 18.7 Å². The molecule has 0 aliphatic carbocycles. The predicted octanol–water partition coefficient (Wildman–Crippen LogP) is 3.28. The van der Waals surface area contributed by atoms with Gasteiger partial charge in [0, 0.05) is 31.6 Å². The van der Waals surface area contributed by atoms with E-state index >= 15 is 0 Å². The number of benzene rings is 2. The van der Waals surface area contributed by atoms with Crippen molar-refractivity contribution in [1.29, 1.82) is 0 Å². The molecular formula is C20H20FN3O3. The summed E-state index contributed by atoms with van der Waals surface area (Å²) >= 11 is 0. The van der Waals surface area contributed by atoms with Gasteiger partial charge in [-0.05, 0) is 36.8 Å². The van der Waals surface area contributed by atoms with Gasteiger partial charge in [-0.25, -0.2) is 9.18 Å². The standard InChI is InChI=1S/C20H20FN3O3/c1-13-6-7-14(12-16(13)21)22-19(26)24-10-8-20(9-11-24)23-18(25)15-4-2-3-5-17(15)27-20/h2-7,12H,8-11H2,1H3,(H,22,26)(H,23,25). The highest BCUT2D eigenvalue weighted by atomic mass is 19.1. The first-order valence-corrected chi connectivity index (χ1v) is 8.88. The SMILES string of the molecule is Cc1ccc(NC(=O)N2CCC3(CC2)NC(=O)c2ccccc2O3)cc1F. The zero-order chi connectivity index (χ0) is 19.0. The number of urea groups is 1. The van der Waals surface area contributed by atoms with E-state index < -0.39 is 5.72 Å². The van der Waals surface area contributed by atoms with Crippen LogP contribution in [0.15, 0.2) is 42.5 Å². The van der Waals surface area contributed by atoms with Gasteiger partial charge in [-0.2, -0.15) is 0 Å². The number of carbonyl (C=O) groups is 2. The van der Waals surface area contributed by atoms with Gasteiger partial charge >= 0.3 is 6.03 Å². The van der Waals surface area contributed by atoms with Crippen LogP contribution in [0, 0.1) is 12.7 Å². The summed E-state index contributed by atoms with van der Waals surface area (Å²) in [6.07, 6.45) is 0.950. The highest BCUT2D eigenvalue weighted by Gasteiger charge is 2.43. The summed E-state index contributed by atoms with van der Waals surface area (Å²) < 4.78 is 19.7. The summed E-state index contributed by atoms with van der Waals surface area (Å²) in [5.74, 6) is 0.0431. The van der Waals surface area contributed by atoms with Gasteiger partial charge in [-0.1, -0.05) is 18.2 Å². The first-order chi connectivity index (χ1) is 13.0. The lowest BCUT2D eigenvalue weighted by Gasteiger charge is -2.44. The molecule has 4 rings (SSSR count). The fourth-order valence-corrected chi connectivity index (χ4v) is 3.42. The lowest BCUT2D eigenvalue weighted by Crippen LogP contribution is -2.61. The lowest BCUT2D eigenvalue weighted by atomic mass is 9.97. The van der Waals surface area contributed by atoms with Crippen molar-refractivity contribution in [2.45, 2.75) is 25.5 Å². The first-order valence-electron chi connectivity index (χ1n) is 8.88. The molecule has 2 aliphatic heterocycles. The Kier molecular flexibility index (Phi) is 4.22. The van der Waals surface area contributed by atoms with Gasteiger partial charge in [0.2, 0.25) is 0 Å². The Balaban J connectivity index is 1.41. The average Bonchev–Trinajstić information content (AvgIpc) is 2.65. The molecule has 0 atom stereocenters. The van der Waals surface area contributed by atoms with Crippen LogP contribution in [-0.4, -0.2) is 35.7 Å². The van der Waals surface area contributed by atoms with Gasteiger partial charge < -0.3 is 20.3 Å². The topological polar surface area (TPSA) is 70.7 Å². The number of fused-ring (bicyclic) bond motifs is 1. The maximum absolute atomic E-state index is 13.6. The molecule has 1 spiro atoms. The van der Waals surface area contributed by atoms with Crippen LogP contribution >= 0.6 is 0 Å². The molecule has 2 aromatic carbocycles. The minimum Gasteiger partial charge on any atom is -0.467 e. The Morgan fingerprint density at radius 2 is 1.96 bits per heavy atom. The van der Waals surface area contributed by atoms with Crippen LogP contribution < -0.4 is 15.4 Å². The zero-order valence-corrected chi connectivity index (χ0v) is 14.9. The summed E-state index contributed by atoms with van der Waals surface area (Å²) in [4.78, 5) is 26.5. The highest BCUT2D eigenvalue weighted by molar-refractivity contribution is 5.98. The third kappa shape index (κ3) is 3.32. The number of rotatable bonds is 1. The third-order valence-electron chi connectivity index (χ3n) is 5.06. The monoisotopic (exact) mass is 369 g/mol. The molecule has 3 amide bonds. The second-order valence-corrected chi connectivity index (χ2v) is 6.93. The maximum Gasteiger partial charge on any atom is 0.321 e. The van der Waals surface area contributed by atoms with Gasteiger partial charge in [-0.15, -0.1) is 0 Å². The van der Waals surface area contributed by atoms with Crippen LogP contribution in [-0.2, 0) is 0 Å². The number of para-hydroxylation sites is 1. The first kappa shape index (κ1) is 17.3. The minimum atomic E-state index is -0.793. The molecule has 2 aromatic rings. The van der Waals surface area contributed by atoms with Crippen LogP contribution in [0.5, 0.6) is 5.75 Å². The molecule has 0 aromatic heterocycles. The second kappa shape index (κ2) is 6.57. The number of anilines is 1. The highest BCUT2D eigenvalue weighted by Crippen LogP contribution is 2.33. The lowest BCUT2D eigenvalue weighted by molar-refractivity contribution is -0.0203. The quantitative estimate of drug-likeness (QED) is 0.810. The fraction of sp³-hybridized carbons (Fsp3) is 0.300. The number of nitrogens with zero attached hydrogens (tertiary/aromatic N) is 1. The van der Waals surface area contributed by atoms with E-state index in [-0.39, 0.29) is 17.8 Å². The van der Waals surface area contributed by atoms with Gasteiger partial charge in [0.25, 0.3) is 5.91 Å². The molecule has 0 saturated carbocycles. The predicted molar refractivity (Wildman–Crippen MR) is 98.2 cm³/mol. The van der Waals surface area contributed by atoms with Crippen molar-refractivity contribution in [3.8, 4) is 5.75 Å². The molecule has 2 aliphatic rings. The molecule has 0 unspecified atom stereocenters. The van der Waals surface area contributed by atoms with Crippen molar-refractivity contribution in [1.82, 2.24) is 10.2 Å². The van der Waals surface area contributed by atoms with Crippen molar-refractivity contribution in [2.24, 2.45) is 0 Å². The molecule has 1 saturated heterocycles. The number of likely N-dealkylation sites (tertiary alicyclic amines) is 1. The Bertz CT molecular complexity index is 907.